The molecule has 0 unspecified atom stereocenters. The third-order valence-electron chi connectivity index (χ3n) is 4.08. The average Bonchev–Trinajstić information content (AvgIpc) is 2.38. The molecule has 0 bridgehead atoms. The number of rotatable bonds is 8. The first kappa shape index (κ1) is 15.0. The van der Waals surface area contributed by atoms with E-state index in [2.05, 4.69) is 26.1 Å². The zero-order valence-corrected chi connectivity index (χ0v) is 12.1. The molecule has 1 fully saturated rings. The van der Waals surface area contributed by atoms with E-state index in [1.54, 1.807) is 0 Å². The molecule has 0 spiro atoms. The van der Waals surface area contributed by atoms with E-state index in [-0.39, 0.29) is 5.60 Å². The van der Waals surface area contributed by atoms with Crippen molar-refractivity contribution in [2.24, 2.45) is 5.92 Å². The molecule has 102 valence electrons. The monoisotopic (exact) mass is 241 g/mol. The van der Waals surface area contributed by atoms with Gasteiger partial charge in [0.2, 0.25) is 0 Å². The lowest BCUT2D eigenvalue weighted by Gasteiger charge is -2.40. The summed E-state index contributed by atoms with van der Waals surface area (Å²) in [5.74, 6) is 0.944. The third-order valence-corrected chi connectivity index (χ3v) is 4.08. The van der Waals surface area contributed by atoms with Crippen molar-refractivity contribution in [2.75, 3.05) is 19.7 Å². The lowest BCUT2D eigenvalue weighted by molar-refractivity contribution is -0.0762. The summed E-state index contributed by atoms with van der Waals surface area (Å²) < 4.78 is 6.20. The minimum atomic E-state index is 0.150. The molecule has 1 aliphatic carbocycles. The van der Waals surface area contributed by atoms with Crippen LogP contribution < -0.4 is 5.32 Å². The van der Waals surface area contributed by atoms with Gasteiger partial charge in [-0.2, -0.15) is 0 Å². The SMILES string of the molecule is CCCNCC1(OCCC)CCC(CC)CC1. The Kier molecular flexibility index (Phi) is 7.14. The minimum absolute atomic E-state index is 0.150. The van der Waals surface area contributed by atoms with E-state index in [9.17, 15) is 0 Å². The van der Waals surface area contributed by atoms with E-state index < -0.39 is 0 Å². The van der Waals surface area contributed by atoms with Crippen molar-refractivity contribution in [3.05, 3.63) is 0 Å². The zero-order chi connectivity index (χ0) is 12.6. The van der Waals surface area contributed by atoms with Crippen molar-refractivity contribution in [2.45, 2.75) is 71.3 Å². The molecule has 1 saturated carbocycles. The predicted octanol–water partition coefficient (Wildman–Crippen LogP) is 3.75. The van der Waals surface area contributed by atoms with E-state index in [1.807, 2.05) is 0 Å². The van der Waals surface area contributed by atoms with Gasteiger partial charge in [0.25, 0.3) is 0 Å². The Hall–Kier alpha value is -0.0800. The van der Waals surface area contributed by atoms with Crippen LogP contribution in [0.25, 0.3) is 0 Å². The summed E-state index contributed by atoms with van der Waals surface area (Å²) in [4.78, 5) is 0. The lowest BCUT2D eigenvalue weighted by atomic mass is 9.77. The molecule has 1 N–H and O–H groups in total. The standard InChI is InChI=1S/C15H31NO/c1-4-11-16-13-15(17-12-5-2)9-7-14(6-3)8-10-15/h14,16H,4-13H2,1-3H3. The number of nitrogens with one attached hydrogen (secondary N) is 1. The minimum Gasteiger partial charge on any atom is -0.374 e. The van der Waals surface area contributed by atoms with Gasteiger partial charge in [0, 0.05) is 13.2 Å². The van der Waals surface area contributed by atoms with E-state index in [0.29, 0.717) is 0 Å². The van der Waals surface area contributed by atoms with Gasteiger partial charge in [-0.05, 0) is 51.0 Å². The summed E-state index contributed by atoms with van der Waals surface area (Å²) in [6.07, 6.45) is 8.90. The third kappa shape index (κ3) is 4.97. The second-order valence-electron chi connectivity index (χ2n) is 5.56. The number of ether oxygens (including phenoxy) is 1. The van der Waals surface area contributed by atoms with Gasteiger partial charge in [0.1, 0.15) is 0 Å². The van der Waals surface area contributed by atoms with Crippen LogP contribution in [0.2, 0.25) is 0 Å². The first-order valence-electron chi connectivity index (χ1n) is 7.61. The molecule has 0 aromatic heterocycles. The summed E-state index contributed by atoms with van der Waals surface area (Å²) in [6, 6.07) is 0. The van der Waals surface area contributed by atoms with Crippen LogP contribution in [-0.2, 0) is 4.74 Å². The molecule has 2 nitrogen and oxygen atoms in total. The molecular formula is C15H31NO. The van der Waals surface area contributed by atoms with Gasteiger partial charge in [-0.25, -0.2) is 0 Å². The Morgan fingerprint density at radius 1 is 1.12 bits per heavy atom. The molecule has 0 aromatic rings. The van der Waals surface area contributed by atoms with Gasteiger partial charge in [-0.1, -0.05) is 27.2 Å². The van der Waals surface area contributed by atoms with Crippen molar-refractivity contribution in [1.82, 2.24) is 5.32 Å². The van der Waals surface area contributed by atoms with Crippen LogP contribution in [0.1, 0.15) is 65.7 Å². The fourth-order valence-corrected chi connectivity index (χ4v) is 2.80. The molecule has 1 rings (SSSR count). The lowest BCUT2D eigenvalue weighted by Crippen LogP contribution is -2.46. The van der Waals surface area contributed by atoms with Gasteiger partial charge in [-0.3, -0.25) is 0 Å². The Labute approximate surface area is 108 Å². The highest BCUT2D eigenvalue weighted by Crippen LogP contribution is 2.36. The van der Waals surface area contributed by atoms with E-state index in [4.69, 9.17) is 4.74 Å². The second-order valence-corrected chi connectivity index (χ2v) is 5.56. The Morgan fingerprint density at radius 2 is 1.82 bits per heavy atom. The molecule has 2 heteroatoms. The summed E-state index contributed by atoms with van der Waals surface area (Å²) in [7, 11) is 0. The van der Waals surface area contributed by atoms with Gasteiger partial charge in [0.15, 0.2) is 0 Å². The quantitative estimate of drug-likeness (QED) is 0.653. The topological polar surface area (TPSA) is 21.3 Å². The number of hydrogen-bond donors (Lipinski definition) is 1. The normalized spacial score (nSPS) is 29.5. The highest BCUT2D eigenvalue weighted by Gasteiger charge is 2.35. The fraction of sp³-hybridized carbons (Fsp3) is 1.00. The molecule has 0 saturated heterocycles. The molecule has 0 aliphatic heterocycles. The van der Waals surface area contributed by atoms with Crippen molar-refractivity contribution < 1.29 is 4.74 Å². The molecule has 0 radical (unpaired) electrons. The van der Waals surface area contributed by atoms with Crippen molar-refractivity contribution in [1.29, 1.82) is 0 Å². The maximum Gasteiger partial charge on any atom is 0.0806 e. The van der Waals surface area contributed by atoms with E-state index >= 15 is 0 Å². The van der Waals surface area contributed by atoms with Crippen LogP contribution in [0.15, 0.2) is 0 Å². The summed E-state index contributed by atoms with van der Waals surface area (Å²) >= 11 is 0. The molecule has 1 aliphatic rings. The Balaban J connectivity index is 2.42. The second kappa shape index (κ2) is 8.10. The average molecular weight is 241 g/mol. The van der Waals surface area contributed by atoms with Crippen LogP contribution in [0.3, 0.4) is 0 Å². The number of hydrogen-bond acceptors (Lipinski definition) is 2. The summed E-state index contributed by atoms with van der Waals surface area (Å²) in [5, 5.41) is 3.56. The van der Waals surface area contributed by atoms with Crippen LogP contribution >= 0.6 is 0 Å². The smallest absolute Gasteiger partial charge is 0.0806 e. The van der Waals surface area contributed by atoms with Gasteiger partial charge in [-0.15, -0.1) is 0 Å². The van der Waals surface area contributed by atoms with Crippen LogP contribution in [-0.4, -0.2) is 25.3 Å². The summed E-state index contributed by atoms with van der Waals surface area (Å²) in [6.45, 7) is 9.83. The fourth-order valence-electron chi connectivity index (χ4n) is 2.80. The Bertz CT molecular complexity index is 180. The molecule has 0 atom stereocenters. The van der Waals surface area contributed by atoms with E-state index in [0.717, 1.165) is 32.0 Å². The van der Waals surface area contributed by atoms with Crippen LogP contribution in [0, 0.1) is 5.92 Å². The van der Waals surface area contributed by atoms with Gasteiger partial charge in [0.05, 0.1) is 5.60 Å². The summed E-state index contributed by atoms with van der Waals surface area (Å²) in [5.41, 5.74) is 0.150. The molecule has 0 heterocycles. The first-order valence-corrected chi connectivity index (χ1v) is 7.61. The van der Waals surface area contributed by atoms with Gasteiger partial charge >= 0.3 is 0 Å². The highest BCUT2D eigenvalue weighted by atomic mass is 16.5. The Morgan fingerprint density at radius 3 is 2.35 bits per heavy atom. The maximum absolute atomic E-state index is 6.20. The molecule has 0 amide bonds. The zero-order valence-electron chi connectivity index (χ0n) is 12.1. The van der Waals surface area contributed by atoms with Crippen molar-refractivity contribution >= 4 is 0 Å². The van der Waals surface area contributed by atoms with Crippen LogP contribution in [0.4, 0.5) is 0 Å². The van der Waals surface area contributed by atoms with Gasteiger partial charge < -0.3 is 10.1 Å². The molecular weight excluding hydrogens is 210 g/mol. The van der Waals surface area contributed by atoms with Crippen LogP contribution in [0.5, 0.6) is 0 Å². The predicted molar refractivity (Wildman–Crippen MR) is 74.4 cm³/mol. The highest BCUT2D eigenvalue weighted by molar-refractivity contribution is 4.89. The molecule has 0 aromatic carbocycles. The first-order chi connectivity index (χ1) is 8.26. The molecule has 17 heavy (non-hydrogen) atoms. The van der Waals surface area contributed by atoms with Crippen molar-refractivity contribution in [3.63, 3.8) is 0 Å². The van der Waals surface area contributed by atoms with Crippen molar-refractivity contribution in [3.8, 4) is 0 Å². The maximum atomic E-state index is 6.20. The largest absolute Gasteiger partial charge is 0.374 e. The van der Waals surface area contributed by atoms with E-state index in [1.165, 1.54) is 38.5 Å².